The summed E-state index contributed by atoms with van der Waals surface area (Å²) in [5.74, 6) is 1.54. The maximum absolute atomic E-state index is 11.7. The van der Waals surface area contributed by atoms with E-state index >= 15 is 0 Å². The first-order chi connectivity index (χ1) is 9.14. The van der Waals surface area contributed by atoms with E-state index in [1.54, 1.807) is 25.3 Å². The van der Waals surface area contributed by atoms with Crippen molar-refractivity contribution < 1.29 is 19.0 Å². The molecule has 4 nitrogen and oxygen atoms in total. The maximum atomic E-state index is 11.7. The lowest BCUT2D eigenvalue weighted by Crippen LogP contribution is -2.16. The summed E-state index contributed by atoms with van der Waals surface area (Å²) in [6.45, 7) is 0.563. The smallest absolute Gasteiger partial charge is 0.341 e. The number of hydrogen-bond acceptors (Lipinski definition) is 5. The van der Waals surface area contributed by atoms with Crippen molar-refractivity contribution in [3.05, 3.63) is 23.8 Å². The van der Waals surface area contributed by atoms with E-state index in [1.165, 1.54) is 7.11 Å². The fourth-order valence-electron chi connectivity index (χ4n) is 1.78. The molecule has 0 spiro atoms. The molecule has 0 aliphatic heterocycles. The van der Waals surface area contributed by atoms with Crippen LogP contribution >= 0.6 is 12.6 Å². The van der Waals surface area contributed by atoms with Crippen molar-refractivity contribution in [1.82, 2.24) is 0 Å². The Bertz CT molecular complexity index is 469. The largest absolute Gasteiger partial charge is 0.497 e. The van der Waals surface area contributed by atoms with Gasteiger partial charge in [-0.25, -0.2) is 4.79 Å². The van der Waals surface area contributed by atoms with E-state index in [-0.39, 0.29) is 5.41 Å². The molecule has 0 N–H and O–H groups in total. The average Bonchev–Trinajstić information content (AvgIpc) is 3.24. The number of carbonyl (C=O) groups is 1. The monoisotopic (exact) mass is 282 g/mol. The molecule has 0 heterocycles. The molecular weight excluding hydrogens is 264 g/mol. The minimum atomic E-state index is -0.409. The van der Waals surface area contributed by atoms with Crippen LogP contribution in [0.5, 0.6) is 11.5 Å². The molecule has 0 bridgehead atoms. The van der Waals surface area contributed by atoms with Gasteiger partial charge in [0.05, 0.1) is 20.8 Å². The SMILES string of the molecule is COC(=O)c1ccc(OC)cc1OCC1(CS)CC1. The lowest BCUT2D eigenvalue weighted by atomic mass is 10.1. The highest BCUT2D eigenvalue weighted by atomic mass is 32.1. The van der Waals surface area contributed by atoms with Crippen LogP contribution in [0.3, 0.4) is 0 Å². The van der Waals surface area contributed by atoms with Crippen LogP contribution in [-0.2, 0) is 4.74 Å². The number of carbonyl (C=O) groups excluding carboxylic acids is 1. The molecule has 1 fully saturated rings. The van der Waals surface area contributed by atoms with E-state index < -0.39 is 5.97 Å². The fraction of sp³-hybridized carbons (Fsp3) is 0.500. The van der Waals surface area contributed by atoms with Crippen molar-refractivity contribution in [2.45, 2.75) is 12.8 Å². The normalized spacial score (nSPS) is 15.7. The summed E-state index contributed by atoms with van der Waals surface area (Å²) in [6.07, 6.45) is 2.24. The van der Waals surface area contributed by atoms with E-state index in [0.717, 1.165) is 18.6 Å². The molecule has 0 unspecified atom stereocenters. The molecule has 5 heteroatoms. The first-order valence-corrected chi connectivity index (χ1v) is 6.77. The zero-order chi connectivity index (χ0) is 13.9. The Morgan fingerprint density at radius 3 is 2.63 bits per heavy atom. The number of rotatable bonds is 6. The number of benzene rings is 1. The van der Waals surface area contributed by atoms with Gasteiger partial charge in [0.15, 0.2) is 0 Å². The Labute approximate surface area is 118 Å². The molecule has 1 aliphatic carbocycles. The molecule has 2 rings (SSSR count). The minimum absolute atomic E-state index is 0.166. The highest BCUT2D eigenvalue weighted by Gasteiger charge is 2.42. The second-order valence-corrected chi connectivity index (χ2v) is 5.12. The van der Waals surface area contributed by atoms with Gasteiger partial charge in [-0.05, 0) is 30.7 Å². The van der Waals surface area contributed by atoms with E-state index in [4.69, 9.17) is 14.2 Å². The second-order valence-electron chi connectivity index (χ2n) is 4.80. The average molecular weight is 282 g/mol. The quantitative estimate of drug-likeness (QED) is 0.643. The summed E-state index contributed by atoms with van der Waals surface area (Å²) in [5.41, 5.74) is 0.581. The van der Waals surface area contributed by atoms with Gasteiger partial charge in [0, 0.05) is 11.5 Å². The molecule has 1 aliphatic rings. The lowest BCUT2D eigenvalue weighted by molar-refractivity contribution is 0.0595. The summed E-state index contributed by atoms with van der Waals surface area (Å²) < 4.78 is 15.7. The van der Waals surface area contributed by atoms with Gasteiger partial charge in [0.25, 0.3) is 0 Å². The second kappa shape index (κ2) is 5.74. The third-order valence-electron chi connectivity index (χ3n) is 3.42. The van der Waals surface area contributed by atoms with Crippen molar-refractivity contribution in [2.75, 3.05) is 26.6 Å². The molecule has 0 saturated heterocycles. The van der Waals surface area contributed by atoms with E-state index in [1.807, 2.05) is 0 Å². The van der Waals surface area contributed by atoms with Crippen LogP contribution in [0.1, 0.15) is 23.2 Å². The van der Waals surface area contributed by atoms with Crippen molar-refractivity contribution >= 4 is 18.6 Å². The molecule has 0 amide bonds. The lowest BCUT2D eigenvalue weighted by Gasteiger charge is -2.16. The van der Waals surface area contributed by atoms with Gasteiger partial charge in [-0.3, -0.25) is 0 Å². The van der Waals surface area contributed by atoms with Crippen molar-refractivity contribution in [2.24, 2.45) is 5.41 Å². The van der Waals surface area contributed by atoms with Gasteiger partial charge < -0.3 is 14.2 Å². The van der Waals surface area contributed by atoms with Gasteiger partial charge in [-0.1, -0.05) is 0 Å². The molecular formula is C14H18O4S. The molecule has 0 atom stereocenters. The third-order valence-corrected chi connectivity index (χ3v) is 4.09. The number of methoxy groups -OCH3 is 2. The van der Waals surface area contributed by atoms with Crippen molar-refractivity contribution in [3.63, 3.8) is 0 Å². The first-order valence-electron chi connectivity index (χ1n) is 6.14. The number of ether oxygens (including phenoxy) is 3. The summed E-state index contributed by atoms with van der Waals surface area (Å²) in [5, 5.41) is 0. The van der Waals surface area contributed by atoms with Crippen molar-refractivity contribution in [1.29, 1.82) is 0 Å². The van der Waals surface area contributed by atoms with Gasteiger partial charge in [0.1, 0.15) is 17.1 Å². The predicted molar refractivity (Wildman–Crippen MR) is 75.3 cm³/mol. The molecule has 19 heavy (non-hydrogen) atoms. The summed E-state index contributed by atoms with van der Waals surface area (Å²) in [4.78, 5) is 11.7. The zero-order valence-electron chi connectivity index (χ0n) is 11.1. The van der Waals surface area contributed by atoms with Crippen LogP contribution in [0, 0.1) is 5.41 Å². The Balaban J connectivity index is 2.17. The van der Waals surface area contributed by atoms with Crippen LogP contribution in [0.2, 0.25) is 0 Å². The van der Waals surface area contributed by atoms with Crippen LogP contribution in [0.15, 0.2) is 18.2 Å². The Hall–Kier alpha value is -1.36. The highest BCUT2D eigenvalue weighted by Crippen LogP contribution is 2.47. The highest BCUT2D eigenvalue weighted by molar-refractivity contribution is 7.80. The van der Waals surface area contributed by atoms with Crippen LogP contribution in [-0.4, -0.2) is 32.5 Å². The van der Waals surface area contributed by atoms with Gasteiger partial charge in [0.2, 0.25) is 0 Å². The number of hydrogen-bond donors (Lipinski definition) is 1. The molecule has 1 aromatic carbocycles. The van der Waals surface area contributed by atoms with E-state index in [2.05, 4.69) is 12.6 Å². The van der Waals surface area contributed by atoms with Crippen LogP contribution in [0.4, 0.5) is 0 Å². The molecule has 0 radical (unpaired) electrons. The zero-order valence-corrected chi connectivity index (χ0v) is 12.0. The van der Waals surface area contributed by atoms with E-state index in [9.17, 15) is 4.79 Å². The third kappa shape index (κ3) is 3.15. The Morgan fingerprint density at radius 1 is 1.37 bits per heavy atom. The summed E-state index contributed by atoms with van der Waals surface area (Å²) >= 11 is 4.34. The number of esters is 1. The maximum Gasteiger partial charge on any atom is 0.341 e. The first kappa shape index (κ1) is 14.1. The predicted octanol–water partition coefficient (Wildman–Crippen LogP) is 2.57. The Kier molecular flexibility index (Phi) is 4.24. The van der Waals surface area contributed by atoms with Crippen LogP contribution in [0.25, 0.3) is 0 Å². The Morgan fingerprint density at radius 2 is 2.11 bits per heavy atom. The van der Waals surface area contributed by atoms with Crippen LogP contribution < -0.4 is 9.47 Å². The number of thiol groups is 1. The van der Waals surface area contributed by atoms with Gasteiger partial charge >= 0.3 is 5.97 Å². The van der Waals surface area contributed by atoms with Gasteiger partial charge in [-0.15, -0.1) is 0 Å². The van der Waals surface area contributed by atoms with Crippen molar-refractivity contribution in [3.8, 4) is 11.5 Å². The molecule has 1 saturated carbocycles. The molecule has 1 aromatic rings. The van der Waals surface area contributed by atoms with Gasteiger partial charge in [-0.2, -0.15) is 12.6 Å². The minimum Gasteiger partial charge on any atom is -0.497 e. The molecule has 104 valence electrons. The standard InChI is InChI=1S/C14H18O4S/c1-16-10-3-4-11(13(15)17-2)12(7-10)18-8-14(9-19)5-6-14/h3-4,7,19H,5-6,8-9H2,1-2H3. The summed E-state index contributed by atoms with van der Waals surface area (Å²) in [7, 11) is 2.93. The van der Waals surface area contributed by atoms with E-state index in [0.29, 0.717) is 23.7 Å². The molecule has 0 aromatic heterocycles. The summed E-state index contributed by atoms with van der Waals surface area (Å²) in [6, 6.07) is 5.08. The topological polar surface area (TPSA) is 44.8 Å². The fourth-order valence-corrected chi connectivity index (χ4v) is 2.19.